The van der Waals surface area contributed by atoms with Gasteiger partial charge >= 0.3 is 31.7 Å². The molecule has 356 valence electrons. The first kappa shape index (κ1) is 55.3. The van der Waals surface area contributed by atoms with Crippen molar-refractivity contribution in [2.45, 2.75) is 109 Å². The molecule has 28 heteroatoms. The third-order valence-corrected chi connectivity index (χ3v) is 9.30. The zero-order chi connectivity index (χ0) is 49.1. The van der Waals surface area contributed by atoms with Crippen LogP contribution in [0.25, 0.3) is 0 Å². The van der Waals surface area contributed by atoms with Crippen molar-refractivity contribution in [3.8, 4) is 5.75 Å². The molecule has 0 bridgehead atoms. The number of phosphoric acid groups is 1. The monoisotopic (exact) mass is 933 g/mol. The van der Waals surface area contributed by atoms with Crippen molar-refractivity contribution >= 4 is 73.1 Å². The number of aliphatic hydroxyl groups is 1. The number of carboxylic acids is 4. The number of carbonyl (C=O) groups excluding carboxylic acids is 7. The van der Waals surface area contributed by atoms with Gasteiger partial charge < -0.3 is 67.3 Å². The number of hydrogen-bond donors (Lipinski definition) is 14. The molecule has 1 rings (SSSR count). The number of rotatable bonds is 28. The van der Waals surface area contributed by atoms with E-state index in [0.717, 1.165) is 26.0 Å². The lowest BCUT2D eigenvalue weighted by atomic mass is 9.96. The Morgan fingerprint density at radius 2 is 1.08 bits per heavy atom. The van der Waals surface area contributed by atoms with Crippen molar-refractivity contribution in [1.82, 2.24) is 37.2 Å². The molecule has 1 aromatic rings. The molecule has 0 saturated carbocycles. The van der Waals surface area contributed by atoms with Gasteiger partial charge in [-0.1, -0.05) is 32.4 Å². The lowest BCUT2D eigenvalue weighted by Gasteiger charge is -2.29. The molecule has 0 heterocycles. The fourth-order valence-electron chi connectivity index (χ4n) is 5.51. The van der Waals surface area contributed by atoms with E-state index in [1.165, 1.54) is 19.1 Å². The molecule has 0 radical (unpaired) electrons. The van der Waals surface area contributed by atoms with Crippen LogP contribution in [0.15, 0.2) is 24.3 Å². The molecule has 0 spiro atoms. The van der Waals surface area contributed by atoms with E-state index in [4.69, 9.17) is 14.9 Å². The molecule has 0 aliphatic heterocycles. The largest absolute Gasteiger partial charge is 0.524 e. The predicted octanol–water partition coefficient (Wildman–Crippen LogP) is -3.93. The Morgan fingerprint density at radius 1 is 0.609 bits per heavy atom. The lowest BCUT2D eigenvalue weighted by molar-refractivity contribution is -0.142. The molecule has 8 atom stereocenters. The molecule has 0 aromatic heterocycles. The SMILES string of the molecule is CC[C@H](C)[C@H](NC(=O)[C@H](CC(=O)O)NC(C)=O)C(=O)N[C@@H](Cc1ccc(OP(=O)(O)O)cc1)C(=O)N[C@@H](CCC(=O)O)C(=O)N[C@H](C(=O)N[C@@H](CC(=O)O)C(=O)NCC(=O)O)[C@@H](C)O. The maximum atomic E-state index is 14.1. The quantitative estimate of drug-likeness (QED) is 0.0357. The van der Waals surface area contributed by atoms with Gasteiger partial charge in [0.25, 0.3) is 0 Å². The molecule has 0 fully saturated rings. The first-order valence-corrected chi connectivity index (χ1v) is 20.6. The van der Waals surface area contributed by atoms with E-state index < -0.39 is 160 Å². The normalized spacial score (nSPS) is 14.8. The zero-order valence-electron chi connectivity index (χ0n) is 34.8. The van der Waals surface area contributed by atoms with Crippen LogP contribution in [0.1, 0.15) is 65.4 Å². The van der Waals surface area contributed by atoms with Gasteiger partial charge in [0.05, 0.1) is 18.9 Å². The van der Waals surface area contributed by atoms with Crippen molar-refractivity contribution in [3.63, 3.8) is 0 Å². The van der Waals surface area contributed by atoms with E-state index in [1.807, 2.05) is 10.6 Å². The summed E-state index contributed by atoms with van der Waals surface area (Å²) in [5, 5.41) is 62.4. The fourth-order valence-corrected chi connectivity index (χ4v) is 5.91. The van der Waals surface area contributed by atoms with E-state index in [0.29, 0.717) is 0 Å². The Labute approximate surface area is 363 Å². The summed E-state index contributed by atoms with van der Waals surface area (Å²) >= 11 is 0. The molecule has 14 N–H and O–H groups in total. The third-order valence-electron chi connectivity index (χ3n) is 8.85. The molecule has 0 saturated heterocycles. The van der Waals surface area contributed by atoms with Crippen molar-refractivity contribution in [3.05, 3.63) is 29.8 Å². The van der Waals surface area contributed by atoms with Gasteiger partial charge in [0.1, 0.15) is 48.5 Å². The topological polar surface area (TPSA) is 440 Å². The minimum absolute atomic E-state index is 0.176. The molecule has 1 aromatic carbocycles. The van der Waals surface area contributed by atoms with Gasteiger partial charge in [0, 0.05) is 19.8 Å². The van der Waals surface area contributed by atoms with Crippen molar-refractivity contribution in [2.24, 2.45) is 5.92 Å². The van der Waals surface area contributed by atoms with Gasteiger partial charge in [0.2, 0.25) is 41.4 Å². The van der Waals surface area contributed by atoms with Gasteiger partial charge in [-0.15, -0.1) is 0 Å². The van der Waals surface area contributed by atoms with Gasteiger partial charge in [-0.25, -0.2) is 4.57 Å². The van der Waals surface area contributed by atoms with E-state index in [1.54, 1.807) is 6.92 Å². The highest BCUT2D eigenvalue weighted by atomic mass is 31.2. The summed E-state index contributed by atoms with van der Waals surface area (Å²) in [5.41, 5.74) is 0.176. The van der Waals surface area contributed by atoms with Crippen molar-refractivity contribution in [1.29, 1.82) is 0 Å². The fraction of sp³-hybridized carbons (Fsp3) is 0.528. The van der Waals surface area contributed by atoms with Crippen LogP contribution in [-0.2, 0) is 63.7 Å². The highest BCUT2D eigenvalue weighted by Gasteiger charge is 2.36. The minimum Gasteiger partial charge on any atom is -0.481 e. The summed E-state index contributed by atoms with van der Waals surface area (Å²) < 4.78 is 15.8. The van der Waals surface area contributed by atoms with Crippen molar-refractivity contribution in [2.75, 3.05) is 6.54 Å². The molecule has 0 aliphatic carbocycles. The van der Waals surface area contributed by atoms with Crippen LogP contribution in [0, 0.1) is 5.92 Å². The average molecular weight is 934 g/mol. The molecule has 0 unspecified atom stereocenters. The van der Waals surface area contributed by atoms with Crippen LogP contribution in [-0.4, -0.2) is 149 Å². The number of carbonyl (C=O) groups is 11. The lowest BCUT2D eigenvalue weighted by Crippen LogP contribution is -2.62. The van der Waals surface area contributed by atoms with E-state index in [9.17, 15) is 77.7 Å². The maximum Gasteiger partial charge on any atom is 0.524 e. The summed E-state index contributed by atoms with van der Waals surface area (Å²) in [6.45, 7) is 4.17. The Bertz CT molecular complexity index is 1930. The van der Waals surface area contributed by atoms with E-state index in [-0.39, 0.29) is 17.7 Å². The van der Waals surface area contributed by atoms with Gasteiger partial charge in [0.15, 0.2) is 0 Å². The van der Waals surface area contributed by atoms with Crippen LogP contribution in [0.4, 0.5) is 0 Å². The van der Waals surface area contributed by atoms with Crippen LogP contribution < -0.4 is 41.7 Å². The van der Waals surface area contributed by atoms with E-state index >= 15 is 0 Å². The molecular weight excluding hydrogens is 881 g/mol. The first-order valence-electron chi connectivity index (χ1n) is 19.1. The second-order valence-corrected chi connectivity index (χ2v) is 15.4. The number of nitrogens with one attached hydrogen (secondary N) is 7. The number of carboxylic acid groups (broad SMARTS) is 4. The number of hydrogen-bond acceptors (Lipinski definition) is 14. The predicted molar refractivity (Wildman–Crippen MR) is 213 cm³/mol. The second kappa shape index (κ2) is 26.0. The summed E-state index contributed by atoms with van der Waals surface area (Å²) in [4.78, 5) is 156. The standard InChI is InChI=1S/C36H52N7O20P/c1-5-16(2)29(42-34(57)24(14-27(50)51)38-18(4)45)35(58)40-22(12-19-6-8-20(9-7-19)63-64(60,61)62)33(56)39-21(10-11-25(46)47)32(55)43-30(17(3)44)36(59)41-23(13-26(48)49)31(54)37-15-28(52)53/h6-9,16-17,21-24,29-30,44H,5,10-15H2,1-4H3,(H,37,54)(H,38,45)(H,39,56)(H,40,58)(H,41,59)(H,42,57)(H,43,55)(H,46,47)(H,48,49)(H,50,51)(H,52,53)(H2,60,61,62)/t16-,17+,21-,22-,23-,24-,29-,30-/m0/s1. The van der Waals surface area contributed by atoms with E-state index in [2.05, 4.69) is 31.1 Å². The Balaban J connectivity index is 3.64. The molecule has 0 aliphatic rings. The molecule has 7 amide bonds. The average Bonchev–Trinajstić information content (AvgIpc) is 3.17. The van der Waals surface area contributed by atoms with Crippen LogP contribution in [0.3, 0.4) is 0 Å². The number of benzene rings is 1. The summed E-state index contributed by atoms with van der Waals surface area (Å²) in [6.07, 6.45) is -5.56. The van der Waals surface area contributed by atoms with Gasteiger partial charge in [-0.05, 0) is 37.0 Å². The number of aliphatic hydroxyl groups excluding tert-OH is 1. The Morgan fingerprint density at radius 3 is 1.55 bits per heavy atom. The third kappa shape index (κ3) is 20.9. The summed E-state index contributed by atoms with van der Waals surface area (Å²) in [6, 6.07) is -6.07. The van der Waals surface area contributed by atoms with Gasteiger partial charge in [-0.3, -0.25) is 62.5 Å². The van der Waals surface area contributed by atoms with Gasteiger partial charge in [-0.2, -0.15) is 0 Å². The van der Waals surface area contributed by atoms with Crippen molar-refractivity contribution < 1.29 is 97.1 Å². The zero-order valence-corrected chi connectivity index (χ0v) is 35.7. The number of aliphatic carboxylic acids is 4. The second-order valence-electron chi connectivity index (χ2n) is 14.2. The van der Waals surface area contributed by atoms with Crippen LogP contribution in [0.5, 0.6) is 5.75 Å². The number of amides is 7. The van der Waals surface area contributed by atoms with Crippen LogP contribution >= 0.6 is 7.82 Å². The summed E-state index contributed by atoms with van der Waals surface area (Å²) in [7, 11) is -5.00. The van der Waals surface area contributed by atoms with Crippen LogP contribution in [0.2, 0.25) is 0 Å². The highest BCUT2D eigenvalue weighted by molar-refractivity contribution is 7.46. The molecule has 27 nitrogen and oxygen atoms in total. The maximum absolute atomic E-state index is 14.1. The molecule has 64 heavy (non-hydrogen) atoms. The molecular formula is C36H52N7O20P. The number of phosphoric ester groups is 1. The summed E-state index contributed by atoms with van der Waals surface area (Å²) in [5.74, 6) is -15.2. The first-order chi connectivity index (χ1) is 29.6. The Hall–Kier alpha value is -6.70. The minimum atomic E-state index is -5.00. The Kier molecular flexibility index (Phi) is 22.5. The smallest absolute Gasteiger partial charge is 0.481 e. The highest BCUT2D eigenvalue weighted by Crippen LogP contribution is 2.37.